The number of H-pyrrole nitrogens is 1. The Balaban J connectivity index is 3.00. The molecule has 0 spiro atoms. The Kier molecular flexibility index (Phi) is 1.16. The third-order valence-electron chi connectivity index (χ3n) is 0.986. The Morgan fingerprint density at radius 2 is 2.50 bits per heavy atom. The van der Waals surface area contributed by atoms with Crippen molar-refractivity contribution in [3.8, 4) is 0 Å². The predicted octanol–water partition coefficient (Wildman–Crippen LogP) is 1.14. The number of hydrogen-bond donors (Lipinski definition) is 1. The summed E-state index contributed by atoms with van der Waals surface area (Å²) in [6.07, 6.45) is 2.51. The van der Waals surface area contributed by atoms with Crippen LogP contribution in [0.1, 0.15) is 16.1 Å². The van der Waals surface area contributed by atoms with Crippen molar-refractivity contribution < 1.29 is 4.79 Å². The molecular formula is C6H7NO. The van der Waals surface area contributed by atoms with E-state index < -0.39 is 0 Å². The first-order chi connectivity index (χ1) is 3.83. The molecule has 0 bridgehead atoms. The highest BCUT2D eigenvalue weighted by Gasteiger charge is 1.88. The molecule has 0 amide bonds. The summed E-state index contributed by atoms with van der Waals surface area (Å²) in [7, 11) is 0. The topological polar surface area (TPSA) is 32.9 Å². The molecule has 1 heterocycles. The molecule has 1 N–H and O–H groups in total. The second kappa shape index (κ2) is 1.82. The maximum absolute atomic E-state index is 10.00. The van der Waals surface area contributed by atoms with Crippen molar-refractivity contribution in [1.82, 2.24) is 4.98 Å². The first kappa shape index (κ1) is 5.09. The third-order valence-corrected chi connectivity index (χ3v) is 0.986. The fourth-order valence-electron chi connectivity index (χ4n) is 0.599. The van der Waals surface area contributed by atoms with Gasteiger partial charge in [-0.3, -0.25) is 4.79 Å². The predicted molar refractivity (Wildman–Crippen MR) is 30.9 cm³/mol. The molecule has 0 saturated heterocycles. The molecule has 8 heavy (non-hydrogen) atoms. The molecule has 1 aromatic rings. The summed E-state index contributed by atoms with van der Waals surface area (Å²) >= 11 is 0. The molecule has 2 heteroatoms. The minimum atomic E-state index is 0.711. The summed E-state index contributed by atoms with van der Waals surface area (Å²) in [5, 5.41) is 0. The zero-order valence-electron chi connectivity index (χ0n) is 4.64. The minimum absolute atomic E-state index is 0.711. The Hall–Kier alpha value is -1.05. The Morgan fingerprint density at radius 1 is 1.75 bits per heavy atom. The number of aromatic nitrogens is 1. The largest absolute Gasteiger partial charge is 0.365 e. The molecule has 0 aromatic carbocycles. The highest BCUT2D eigenvalue weighted by molar-refractivity contribution is 5.74. The Labute approximate surface area is 47.5 Å². The van der Waals surface area contributed by atoms with Crippen LogP contribution in [-0.4, -0.2) is 11.3 Å². The van der Waals surface area contributed by atoms with Gasteiger partial charge >= 0.3 is 0 Å². The van der Waals surface area contributed by atoms with Crippen LogP contribution in [0.3, 0.4) is 0 Å². The summed E-state index contributed by atoms with van der Waals surface area (Å²) in [6, 6.07) is 1.80. The van der Waals surface area contributed by atoms with Crippen molar-refractivity contribution >= 4 is 6.29 Å². The van der Waals surface area contributed by atoms with Gasteiger partial charge < -0.3 is 4.98 Å². The highest BCUT2D eigenvalue weighted by Crippen LogP contribution is 1.96. The number of nitrogens with one attached hydrogen (secondary N) is 1. The van der Waals surface area contributed by atoms with E-state index in [4.69, 9.17) is 0 Å². The van der Waals surface area contributed by atoms with E-state index in [1.54, 1.807) is 12.3 Å². The van der Waals surface area contributed by atoms with E-state index >= 15 is 0 Å². The molecule has 1 aromatic heterocycles. The molecule has 0 radical (unpaired) electrons. The van der Waals surface area contributed by atoms with E-state index in [1.807, 2.05) is 6.92 Å². The lowest BCUT2D eigenvalue weighted by molar-refractivity contribution is 0.112. The minimum Gasteiger partial charge on any atom is -0.365 e. The lowest BCUT2D eigenvalue weighted by Gasteiger charge is -1.71. The molecule has 0 aliphatic heterocycles. The maximum Gasteiger partial charge on any atom is 0.151 e. The Bertz CT molecular complexity index is 190. The number of carbonyl (C=O) groups excluding carboxylic acids is 1. The maximum atomic E-state index is 10.00. The Morgan fingerprint density at radius 3 is 2.75 bits per heavy atom. The van der Waals surface area contributed by atoms with Crippen LogP contribution in [0.4, 0.5) is 0 Å². The van der Waals surface area contributed by atoms with Gasteiger partial charge in [-0.2, -0.15) is 0 Å². The van der Waals surface area contributed by atoms with Crippen LogP contribution in [0.15, 0.2) is 12.3 Å². The normalized spacial score (nSPS) is 9.12. The van der Waals surface area contributed by atoms with E-state index in [9.17, 15) is 4.79 Å². The van der Waals surface area contributed by atoms with Crippen LogP contribution in [-0.2, 0) is 0 Å². The molecule has 0 unspecified atom stereocenters. The molecule has 42 valence electrons. The fraction of sp³-hybridized carbons (Fsp3) is 0.167. The molecule has 0 saturated carbocycles. The number of aromatic amines is 1. The van der Waals surface area contributed by atoms with Crippen LogP contribution in [0.2, 0.25) is 0 Å². The van der Waals surface area contributed by atoms with Crippen LogP contribution in [0.25, 0.3) is 0 Å². The number of aryl methyl sites for hydroxylation is 1. The van der Waals surface area contributed by atoms with Gasteiger partial charge in [-0.25, -0.2) is 0 Å². The van der Waals surface area contributed by atoms with Crippen LogP contribution in [0.5, 0.6) is 0 Å². The van der Waals surface area contributed by atoms with Crippen LogP contribution >= 0.6 is 0 Å². The zero-order chi connectivity index (χ0) is 5.98. The van der Waals surface area contributed by atoms with Gasteiger partial charge in [0.25, 0.3) is 0 Å². The van der Waals surface area contributed by atoms with Crippen molar-refractivity contribution in [1.29, 1.82) is 0 Å². The van der Waals surface area contributed by atoms with Crippen molar-refractivity contribution in [2.45, 2.75) is 6.92 Å². The van der Waals surface area contributed by atoms with Crippen LogP contribution < -0.4 is 0 Å². The van der Waals surface area contributed by atoms with Crippen molar-refractivity contribution in [3.05, 3.63) is 23.5 Å². The smallest absolute Gasteiger partial charge is 0.151 e. The average molecular weight is 109 g/mol. The van der Waals surface area contributed by atoms with Gasteiger partial charge in [0.05, 0.1) is 0 Å². The summed E-state index contributed by atoms with van der Waals surface area (Å²) in [5.74, 6) is 0. The first-order valence-corrected chi connectivity index (χ1v) is 2.43. The van der Waals surface area contributed by atoms with Crippen molar-refractivity contribution in [2.75, 3.05) is 0 Å². The third kappa shape index (κ3) is 0.780. The quantitative estimate of drug-likeness (QED) is 0.539. The molecule has 0 aliphatic rings. The summed E-state index contributed by atoms with van der Waals surface area (Å²) in [4.78, 5) is 12.9. The molecular weight excluding hydrogens is 102 g/mol. The standard InChI is InChI=1S/C6H7NO/c1-5-2-6(4-8)3-7-5/h2-4,7H,1H3. The number of rotatable bonds is 1. The van der Waals surface area contributed by atoms with Gasteiger partial charge in [0.15, 0.2) is 6.29 Å². The van der Waals surface area contributed by atoms with Gasteiger partial charge in [-0.05, 0) is 13.0 Å². The van der Waals surface area contributed by atoms with Gasteiger partial charge in [0.2, 0.25) is 0 Å². The van der Waals surface area contributed by atoms with Crippen LogP contribution in [0, 0.1) is 6.92 Å². The number of hydrogen-bond acceptors (Lipinski definition) is 1. The van der Waals surface area contributed by atoms with Crippen molar-refractivity contribution in [2.24, 2.45) is 0 Å². The van der Waals surface area contributed by atoms with E-state index in [2.05, 4.69) is 4.98 Å². The number of aldehydes is 1. The lowest BCUT2D eigenvalue weighted by atomic mass is 10.3. The number of carbonyl (C=O) groups is 1. The molecule has 1 rings (SSSR count). The summed E-state index contributed by atoms with van der Waals surface area (Å²) < 4.78 is 0. The second-order valence-electron chi connectivity index (χ2n) is 1.73. The highest BCUT2D eigenvalue weighted by atomic mass is 16.1. The summed E-state index contributed by atoms with van der Waals surface area (Å²) in [6.45, 7) is 1.91. The first-order valence-electron chi connectivity index (χ1n) is 2.43. The van der Waals surface area contributed by atoms with Gasteiger partial charge in [0, 0.05) is 17.5 Å². The molecule has 2 nitrogen and oxygen atoms in total. The van der Waals surface area contributed by atoms with E-state index in [1.165, 1.54) is 0 Å². The molecule has 0 fully saturated rings. The van der Waals surface area contributed by atoms with Gasteiger partial charge in [-0.1, -0.05) is 0 Å². The van der Waals surface area contributed by atoms with E-state index in [-0.39, 0.29) is 0 Å². The lowest BCUT2D eigenvalue weighted by Crippen LogP contribution is -1.66. The van der Waals surface area contributed by atoms with E-state index in [0.717, 1.165) is 12.0 Å². The van der Waals surface area contributed by atoms with Gasteiger partial charge in [-0.15, -0.1) is 0 Å². The average Bonchev–Trinajstić information content (AvgIpc) is 2.14. The summed E-state index contributed by atoms with van der Waals surface area (Å²) in [5.41, 5.74) is 1.73. The molecule has 0 aliphatic carbocycles. The second-order valence-corrected chi connectivity index (χ2v) is 1.73. The fourth-order valence-corrected chi connectivity index (χ4v) is 0.599. The van der Waals surface area contributed by atoms with E-state index in [0.29, 0.717) is 5.56 Å². The van der Waals surface area contributed by atoms with Crippen molar-refractivity contribution in [3.63, 3.8) is 0 Å². The monoisotopic (exact) mass is 109 g/mol. The molecule has 0 atom stereocenters. The van der Waals surface area contributed by atoms with Gasteiger partial charge in [0.1, 0.15) is 0 Å². The zero-order valence-corrected chi connectivity index (χ0v) is 4.64. The SMILES string of the molecule is Cc1cc(C=O)c[nH]1.